The van der Waals surface area contributed by atoms with E-state index in [9.17, 15) is 4.79 Å². The fourth-order valence-electron chi connectivity index (χ4n) is 2.61. The summed E-state index contributed by atoms with van der Waals surface area (Å²) in [6, 6.07) is 3.85. The lowest BCUT2D eigenvalue weighted by Gasteiger charge is -2.28. The van der Waals surface area contributed by atoms with Gasteiger partial charge in [0.15, 0.2) is 6.10 Å². The number of piperazine rings is 1. The number of nitrogens with zero attached hydrogens (tertiary/aromatic N) is 3. The fourth-order valence-corrected chi connectivity index (χ4v) is 2.61. The van der Waals surface area contributed by atoms with E-state index >= 15 is 0 Å². The van der Waals surface area contributed by atoms with Gasteiger partial charge in [0.2, 0.25) is 0 Å². The molecule has 108 valence electrons. The van der Waals surface area contributed by atoms with Gasteiger partial charge in [0.25, 0.3) is 5.91 Å². The Kier molecular flexibility index (Phi) is 4.25. The normalized spacial score (nSPS) is 24.3. The third-order valence-corrected chi connectivity index (χ3v) is 3.78. The highest BCUT2D eigenvalue weighted by Crippen LogP contribution is 2.15. The molecule has 20 heavy (non-hydrogen) atoms. The molecule has 3 rings (SSSR count). The Balaban J connectivity index is 1.54. The number of pyridine rings is 1. The van der Waals surface area contributed by atoms with Crippen molar-refractivity contribution in [3.05, 3.63) is 30.1 Å². The summed E-state index contributed by atoms with van der Waals surface area (Å²) < 4.78 is 5.65. The molecule has 0 aliphatic carbocycles. The summed E-state index contributed by atoms with van der Waals surface area (Å²) in [4.78, 5) is 20.4. The number of carbonyl (C=O) groups is 1. The van der Waals surface area contributed by atoms with E-state index < -0.39 is 0 Å². The SMILES string of the molecule is O=C1C(CN2CCNCC2)OCN1Cc1ccncc1. The molecule has 2 fully saturated rings. The fraction of sp³-hybridized carbons (Fsp3) is 0.571. The van der Waals surface area contributed by atoms with Crippen molar-refractivity contribution >= 4 is 5.91 Å². The number of aromatic nitrogens is 1. The maximum absolute atomic E-state index is 12.3. The maximum Gasteiger partial charge on any atom is 0.255 e. The van der Waals surface area contributed by atoms with E-state index in [1.54, 1.807) is 17.3 Å². The molecule has 0 aromatic carbocycles. The highest BCUT2D eigenvalue weighted by atomic mass is 16.5. The standard InChI is InChI=1S/C14H20N4O2/c19-14-13(10-17-7-5-16-6-8-17)20-11-18(14)9-12-1-3-15-4-2-12/h1-4,13,16H,5-11H2. The van der Waals surface area contributed by atoms with Gasteiger partial charge in [0, 0.05) is 51.7 Å². The van der Waals surface area contributed by atoms with E-state index in [1.165, 1.54) is 0 Å². The molecule has 3 heterocycles. The summed E-state index contributed by atoms with van der Waals surface area (Å²) in [5, 5.41) is 3.31. The van der Waals surface area contributed by atoms with Crippen molar-refractivity contribution in [2.45, 2.75) is 12.6 Å². The highest BCUT2D eigenvalue weighted by molar-refractivity contribution is 5.82. The second kappa shape index (κ2) is 6.30. The average molecular weight is 276 g/mol. The van der Waals surface area contributed by atoms with Gasteiger partial charge in [-0.1, -0.05) is 0 Å². The van der Waals surface area contributed by atoms with Crippen LogP contribution in [0.5, 0.6) is 0 Å². The van der Waals surface area contributed by atoms with Gasteiger partial charge in [-0.25, -0.2) is 0 Å². The third kappa shape index (κ3) is 3.15. The average Bonchev–Trinajstić information content (AvgIpc) is 2.83. The lowest BCUT2D eigenvalue weighted by Crippen LogP contribution is -2.47. The minimum atomic E-state index is -0.310. The van der Waals surface area contributed by atoms with Crippen LogP contribution in [-0.2, 0) is 16.1 Å². The van der Waals surface area contributed by atoms with Gasteiger partial charge >= 0.3 is 0 Å². The third-order valence-electron chi connectivity index (χ3n) is 3.78. The number of amides is 1. The quantitative estimate of drug-likeness (QED) is 0.816. The van der Waals surface area contributed by atoms with Crippen molar-refractivity contribution in [1.29, 1.82) is 0 Å². The van der Waals surface area contributed by atoms with Crippen LogP contribution in [0.25, 0.3) is 0 Å². The number of ether oxygens (including phenoxy) is 1. The Bertz CT molecular complexity index is 448. The van der Waals surface area contributed by atoms with Gasteiger partial charge in [-0.3, -0.25) is 14.7 Å². The molecule has 0 saturated carbocycles. The summed E-state index contributed by atoms with van der Waals surface area (Å²) in [5.41, 5.74) is 1.08. The Morgan fingerprint density at radius 3 is 2.80 bits per heavy atom. The lowest BCUT2D eigenvalue weighted by atomic mass is 10.2. The van der Waals surface area contributed by atoms with Crippen LogP contribution in [0.3, 0.4) is 0 Å². The Hall–Kier alpha value is -1.50. The molecule has 1 aromatic rings. The van der Waals surface area contributed by atoms with E-state index in [0.29, 0.717) is 19.8 Å². The number of nitrogens with one attached hydrogen (secondary N) is 1. The summed E-state index contributed by atoms with van der Waals surface area (Å²) in [6.45, 7) is 5.63. The van der Waals surface area contributed by atoms with Crippen LogP contribution < -0.4 is 5.32 Å². The Labute approximate surface area is 118 Å². The zero-order chi connectivity index (χ0) is 13.8. The van der Waals surface area contributed by atoms with Crippen LogP contribution >= 0.6 is 0 Å². The van der Waals surface area contributed by atoms with E-state index in [0.717, 1.165) is 31.7 Å². The molecule has 2 aliphatic heterocycles. The van der Waals surface area contributed by atoms with Gasteiger partial charge in [-0.2, -0.15) is 0 Å². The van der Waals surface area contributed by atoms with Crippen molar-refractivity contribution in [2.75, 3.05) is 39.5 Å². The molecule has 6 nitrogen and oxygen atoms in total. The molecule has 1 aromatic heterocycles. The van der Waals surface area contributed by atoms with Gasteiger partial charge in [-0.05, 0) is 17.7 Å². The van der Waals surface area contributed by atoms with Crippen molar-refractivity contribution in [3.63, 3.8) is 0 Å². The minimum absolute atomic E-state index is 0.0975. The van der Waals surface area contributed by atoms with Crippen LogP contribution in [-0.4, -0.2) is 66.2 Å². The molecule has 1 unspecified atom stereocenters. The van der Waals surface area contributed by atoms with E-state index in [2.05, 4.69) is 15.2 Å². The van der Waals surface area contributed by atoms with Gasteiger partial charge < -0.3 is 15.0 Å². The molecule has 0 radical (unpaired) electrons. The Morgan fingerprint density at radius 1 is 1.30 bits per heavy atom. The number of hydrogen-bond donors (Lipinski definition) is 1. The van der Waals surface area contributed by atoms with Crippen LogP contribution in [0.4, 0.5) is 0 Å². The zero-order valence-electron chi connectivity index (χ0n) is 11.5. The van der Waals surface area contributed by atoms with E-state index in [-0.39, 0.29) is 12.0 Å². The lowest BCUT2D eigenvalue weighted by molar-refractivity contribution is -0.131. The predicted molar refractivity (Wildman–Crippen MR) is 73.8 cm³/mol. The van der Waals surface area contributed by atoms with Crippen molar-refractivity contribution in [1.82, 2.24) is 20.1 Å². The van der Waals surface area contributed by atoms with Crippen molar-refractivity contribution < 1.29 is 9.53 Å². The monoisotopic (exact) mass is 276 g/mol. The number of rotatable bonds is 4. The first-order chi connectivity index (χ1) is 9.83. The molecule has 0 spiro atoms. The van der Waals surface area contributed by atoms with Crippen LogP contribution in [0, 0.1) is 0 Å². The summed E-state index contributed by atoms with van der Waals surface area (Å²) >= 11 is 0. The molecule has 6 heteroatoms. The second-order valence-corrected chi connectivity index (χ2v) is 5.23. The summed E-state index contributed by atoms with van der Waals surface area (Å²) in [6.07, 6.45) is 3.18. The van der Waals surface area contributed by atoms with Crippen LogP contribution in [0.2, 0.25) is 0 Å². The minimum Gasteiger partial charge on any atom is -0.347 e. The molecule has 1 N–H and O–H groups in total. The smallest absolute Gasteiger partial charge is 0.255 e. The first-order valence-corrected chi connectivity index (χ1v) is 7.05. The zero-order valence-corrected chi connectivity index (χ0v) is 11.5. The summed E-state index contributed by atoms with van der Waals surface area (Å²) in [5.74, 6) is 0.0975. The summed E-state index contributed by atoms with van der Waals surface area (Å²) in [7, 11) is 0. The van der Waals surface area contributed by atoms with Crippen molar-refractivity contribution in [2.24, 2.45) is 0 Å². The largest absolute Gasteiger partial charge is 0.347 e. The van der Waals surface area contributed by atoms with Gasteiger partial charge in [-0.15, -0.1) is 0 Å². The number of carbonyl (C=O) groups excluding carboxylic acids is 1. The first-order valence-electron chi connectivity index (χ1n) is 7.05. The van der Waals surface area contributed by atoms with E-state index in [1.807, 2.05) is 12.1 Å². The molecule has 2 saturated heterocycles. The first kappa shape index (κ1) is 13.5. The molecule has 1 amide bonds. The van der Waals surface area contributed by atoms with Crippen LogP contribution in [0.1, 0.15) is 5.56 Å². The molecular formula is C14H20N4O2. The highest BCUT2D eigenvalue weighted by Gasteiger charge is 2.33. The maximum atomic E-state index is 12.3. The molecular weight excluding hydrogens is 256 g/mol. The molecule has 0 bridgehead atoms. The van der Waals surface area contributed by atoms with Crippen molar-refractivity contribution in [3.8, 4) is 0 Å². The molecule has 1 atom stereocenters. The number of hydrogen-bond acceptors (Lipinski definition) is 5. The van der Waals surface area contributed by atoms with Gasteiger partial charge in [0.05, 0.1) is 0 Å². The second-order valence-electron chi connectivity index (χ2n) is 5.23. The van der Waals surface area contributed by atoms with Gasteiger partial charge in [0.1, 0.15) is 6.73 Å². The Morgan fingerprint density at radius 2 is 2.05 bits per heavy atom. The van der Waals surface area contributed by atoms with Crippen LogP contribution in [0.15, 0.2) is 24.5 Å². The predicted octanol–water partition coefficient (Wildman–Crippen LogP) is -0.328. The molecule has 2 aliphatic rings. The van der Waals surface area contributed by atoms with E-state index in [4.69, 9.17) is 4.74 Å². The topological polar surface area (TPSA) is 57.7 Å².